The molecule has 0 spiro atoms. The van der Waals surface area contributed by atoms with Crippen LogP contribution in [0.5, 0.6) is 0 Å². The second kappa shape index (κ2) is 44.2. The molecule has 18 atom stereocenters. The van der Waals surface area contributed by atoms with Crippen molar-refractivity contribution in [3.05, 3.63) is 0 Å². The summed E-state index contributed by atoms with van der Waals surface area (Å²) in [6.45, 7) is 2.19. The van der Waals surface area contributed by atoms with E-state index in [2.05, 4.69) is 24.5 Å². The predicted octanol–water partition coefficient (Wildman–Crippen LogP) is 4.56. The number of carbonyl (C=O) groups excluding carboxylic acids is 2. The van der Waals surface area contributed by atoms with Gasteiger partial charge >= 0.3 is 5.97 Å². The number of carboxylic acid groups (broad SMARTS) is 1. The van der Waals surface area contributed by atoms with Gasteiger partial charge in [-0.2, -0.15) is 0 Å². The number of rotatable bonds is 49. The average molecular weight is 1230 g/mol. The van der Waals surface area contributed by atoms with Gasteiger partial charge in [0, 0.05) is 19.8 Å². The minimum atomic E-state index is -3.08. The van der Waals surface area contributed by atoms with Crippen LogP contribution < -0.4 is 10.6 Å². The second-order valence-electron chi connectivity index (χ2n) is 24.3. The Balaban J connectivity index is 1.62. The van der Waals surface area contributed by atoms with Gasteiger partial charge in [0.25, 0.3) is 5.79 Å². The first-order valence-electron chi connectivity index (χ1n) is 32.9. The van der Waals surface area contributed by atoms with Gasteiger partial charge < -0.3 is 100 Å². The molecule has 18 unspecified atom stereocenters. The molecule has 3 rings (SSSR count). The molecule has 0 aromatic carbocycles. The molecule has 500 valence electrons. The van der Waals surface area contributed by atoms with Crippen LogP contribution >= 0.6 is 0 Å². The van der Waals surface area contributed by atoms with Gasteiger partial charge in [-0.1, -0.05) is 206 Å². The minimum Gasteiger partial charge on any atom is -0.477 e. The van der Waals surface area contributed by atoms with Crippen molar-refractivity contribution in [3.8, 4) is 0 Å². The molecule has 23 heteroatoms. The highest BCUT2D eigenvalue weighted by atomic mass is 16.8. The molecule has 0 aromatic heterocycles. The second-order valence-corrected chi connectivity index (χ2v) is 24.3. The summed E-state index contributed by atoms with van der Waals surface area (Å²) in [7, 11) is 0. The number of hydrogen-bond acceptors (Lipinski definition) is 20. The van der Waals surface area contributed by atoms with E-state index in [0.29, 0.717) is 19.3 Å². The van der Waals surface area contributed by atoms with Gasteiger partial charge in [0.15, 0.2) is 12.6 Å². The molecule has 0 saturated carbocycles. The number of amides is 2. The van der Waals surface area contributed by atoms with Crippen LogP contribution in [0.4, 0.5) is 0 Å². The van der Waals surface area contributed by atoms with E-state index in [4.69, 9.17) is 28.4 Å². The number of unbranched alkanes of at least 4 members (excludes halogenated alkanes) is 29. The summed E-state index contributed by atoms with van der Waals surface area (Å²) in [4.78, 5) is 38.4. The number of aliphatic hydroxyl groups excluding tert-OH is 11. The van der Waals surface area contributed by atoms with Crippen molar-refractivity contribution in [2.45, 2.75) is 349 Å². The third-order valence-electron chi connectivity index (χ3n) is 17.1. The highest BCUT2D eigenvalue weighted by molar-refractivity contribution is 5.77. The number of carbonyl (C=O) groups is 3. The Morgan fingerprint density at radius 3 is 1.47 bits per heavy atom. The van der Waals surface area contributed by atoms with Gasteiger partial charge in [-0.25, -0.2) is 4.79 Å². The summed E-state index contributed by atoms with van der Waals surface area (Å²) in [5.41, 5.74) is 0. The first-order valence-corrected chi connectivity index (χ1v) is 32.9. The molecular weight excluding hydrogens is 1110 g/mol. The van der Waals surface area contributed by atoms with Crippen molar-refractivity contribution >= 4 is 17.8 Å². The topological polar surface area (TPSA) is 373 Å². The molecule has 14 N–H and O–H groups in total. The fourth-order valence-electron chi connectivity index (χ4n) is 11.8. The first kappa shape index (κ1) is 77.0. The van der Waals surface area contributed by atoms with E-state index in [1.165, 1.54) is 135 Å². The Morgan fingerprint density at radius 2 is 1.02 bits per heavy atom. The van der Waals surface area contributed by atoms with E-state index in [1.807, 2.05) is 0 Å². The summed E-state index contributed by atoms with van der Waals surface area (Å²) < 4.78 is 34.8. The van der Waals surface area contributed by atoms with Gasteiger partial charge in [-0.3, -0.25) is 9.59 Å². The smallest absolute Gasteiger partial charge is 0.364 e. The number of ether oxygens (including phenoxy) is 6. The Labute approximate surface area is 506 Å². The van der Waals surface area contributed by atoms with Crippen molar-refractivity contribution in [3.63, 3.8) is 0 Å². The highest BCUT2D eigenvalue weighted by Gasteiger charge is 2.60. The van der Waals surface area contributed by atoms with Crippen LogP contribution in [0.3, 0.4) is 0 Å². The monoisotopic (exact) mass is 1220 g/mol. The molecule has 85 heavy (non-hydrogen) atoms. The van der Waals surface area contributed by atoms with Crippen LogP contribution in [0.25, 0.3) is 0 Å². The zero-order valence-electron chi connectivity index (χ0n) is 51.7. The number of carboxylic acids is 1. The van der Waals surface area contributed by atoms with Crippen LogP contribution in [-0.4, -0.2) is 215 Å². The Kier molecular flexibility index (Phi) is 40.1. The van der Waals surface area contributed by atoms with Crippen molar-refractivity contribution < 1.29 is 104 Å². The molecule has 3 aliphatic heterocycles. The normalized spacial score (nSPS) is 29.5. The lowest BCUT2D eigenvalue weighted by Crippen LogP contribution is -2.70. The molecule has 0 radical (unpaired) electrons. The molecular formula is C62H116N2O21. The summed E-state index contributed by atoms with van der Waals surface area (Å²) in [6.07, 6.45) is 8.32. The zero-order chi connectivity index (χ0) is 62.6. The number of aliphatic carboxylic acids is 1. The maximum Gasteiger partial charge on any atom is 0.364 e. The SMILES string of the molecule is CCCCCCCCCCCCCCCCCCCCCC(O)C(COC1OC(CO)C(OC2OC(CO)C(O)C(OC3(C(=O)O)CC(O)C(NC(C)=O)C(C(O)C(O)CO)O3)C2O)C(O)C1O)NC(=O)CCCCCCCCCCCCCC. The number of aliphatic hydroxyl groups is 11. The van der Waals surface area contributed by atoms with Gasteiger partial charge in [0.2, 0.25) is 11.8 Å². The molecule has 3 heterocycles. The Bertz CT molecular complexity index is 1740. The maximum atomic E-state index is 13.4. The lowest BCUT2D eigenvalue weighted by atomic mass is 9.88. The van der Waals surface area contributed by atoms with Crippen LogP contribution in [-0.2, 0) is 42.8 Å². The molecule has 2 amide bonds. The van der Waals surface area contributed by atoms with Gasteiger partial charge in [0.1, 0.15) is 67.1 Å². The number of hydrogen-bond donors (Lipinski definition) is 14. The van der Waals surface area contributed by atoms with E-state index < -0.39 is 148 Å². The quantitative estimate of drug-likeness (QED) is 0.0371. The third-order valence-corrected chi connectivity index (χ3v) is 17.1. The molecule has 3 saturated heterocycles. The lowest BCUT2D eigenvalue weighted by molar-refractivity contribution is -0.386. The van der Waals surface area contributed by atoms with E-state index >= 15 is 0 Å². The fourth-order valence-corrected chi connectivity index (χ4v) is 11.8. The first-order chi connectivity index (χ1) is 40.9. The van der Waals surface area contributed by atoms with E-state index in [0.717, 1.165) is 58.3 Å². The van der Waals surface area contributed by atoms with Crippen molar-refractivity contribution in [2.75, 3.05) is 26.4 Å². The van der Waals surface area contributed by atoms with Crippen molar-refractivity contribution in [1.82, 2.24) is 10.6 Å². The largest absolute Gasteiger partial charge is 0.477 e. The standard InChI is InChI=1S/C62H116N2O21/c1-4-6-8-10-12-14-16-18-19-20-21-22-23-24-25-27-29-31-33-35-44(69)43(64-49(72)36-34-32-30-28-26-17-15-13-11-9-7-5-2)41-80-59-54(76)53(75)56(48(40-67)82-59)83-60-55(77)58(52(74)47(39-66)81-60)85-62(61(78)79)37-45(70)50(63-42(3)68)57(84-62)51(73)46(71)38-65/h43-48,50-60,65-67,69-71,73-77H,4-41H2,1-3H3,(H,63,68)(H,64,72)(H,78,79). The van der Waals surface area contributed by atoms with E-state index in [1.54, 1.807) is 0 Å². The highest BCUT2D eigenvalue weighted by Crippen LogP contribution is 2.39. The van der Waals surface area contributed by atoms with Gasteiger partial charge in [-0.15, -0.1) is 0 Å². The average Bonchev–Trinajstić information content (AvgIpc) is 1.56. The van der Waals surface area contributed by atoms with Crippen LogP contribution in [0, 0.1) is 0 Å². The summed E-state index contributed by atoms with van der Waals surface area (Å²) in [5.74, 6) is -6.09. The van der Waals surface area contributed by atoms with Gasteiger partial charge in [0.05, 0.1) is 50.7 Å². The van der Waals surface area contributed by atoms with E-state index in [-0.39, 0.29) is 18.9 Å². The summed E-state index contributed by atoms with van der Waals surface area (Å²) in [5, 5.41) is 136. The Morgan fingerprint density at radius 1 is 0.565 bits per heavy atom. The molecule has 0 bridgehead atoms. The molecule has 3 aliphatic rings. The summed E-state index contributed by atoms with van der Waals surface area (Å²) >= 11 is 0. The Hall–Kier alpha value is -2.27. The fraction of sp³-hybridized carbons (Fsp3) is 0.952. The minimum absolute atomic E-state index is 0.228. The molecule has 0 aromatic rings. The van der Waals surface area contributed by atoms with E-state index in [9.17, 15) is 75.7 Å². The predicted molar refractivity (Wildman–Crippen MR) is 315 cm³/mol. The molecule has 3 fully saturated rings. The van der Waals surface area contributed by atoms with Crippen molar-refractivity contribution in [2.24, 2.45) is 0 Å². The van der Waals surface area contributed by atoms with Crippen molar-refractivity contribution in [1.29, 1.82) is 0 Å². The van der Waals surface area contributed by atoms with Crippen LogP contribution in [0.2, 0.25) is 0 Å². The maximum absolute atomic E-state index is 13.4. The summed E-state index contributed by atoms with van der Waals surface area (Å²) in [6, 6.07) is -2.52. The van der Waals surface area contributed by atoms with Crippen LogP contribution in [0.1, 0.15) is 239 Å². The molecule has 23 nitrogen and oxygen atoms in total. The zero-order valence-corrected chi connectivity index (χ0v) is 51.7. The lowest BCUT2D eigenvalue weighted by Gasteiger charge is -2.50. The van der Waals surface area contributed by atoms with Gasteiger partial charge in [-0.05, 0) is 12.8 Å². The third kappa shape index (κ3) is 27.8. The number of nitrogens with one attached hydrogen (secondary N) is 2. The van der Waals surface area contributed by atoms with Crippen LogP contribution in [0.15, 0.2) is 0 Å². The molecule has 0 aliphatic carbocycles.